The molecule has 3 aromatic rings. The minimum absolute atomic E-state index is 0.00867. The first-order valence-electron chi connectivity index (χ1n) is 10.2. The number of sulfonamides is 1. The molecule has 0 aliphatic rings. The zero-order valence-electron chi connectivity index (χ0n) is 17.9. The number of nitrogens with one attached hydrogen (secondary N) is 2. The second-order valence-corrected chi connectivity index (χ2v) is 8.87. The molecule has 8 nitrogen and oxygen atoms in total. The maximum Gasteiger partial charge on any atom is 0.243 e. The van der Waals surface area contributed by atoms with Crippen molar-refractivity contribution in [3.63, 3.8) is 0 Å². The highest BCUT2D eigenvalue weighted by atomic mass is 32.2. The quantitative estimate of drug-likeness (QED) is 0.471. The lowest BCUT2D eigenvalue weighted by Crippen LogP contribution is -2.52. The molecule has 2 amide bonds. The van der Waals surface area contributed by atoms with Crippen LogP contribution < -0.4 is 14.9 Å². The number of rotatable bonds is 10. The molecule has 2 aromatic carbocycles. The van der Waals surface area contributed by atoms with Crippen molar-refractivity contribution in [3.05, 3.63) is 84.6 Å². The first-order chi connectivity index (χ1) is 15.8. The molecular formula is C23H24FN3O5S. The molecule has 0 saturated carbocycles. The van der Waals surface area contributed by atoms with E-state index in [1.54, 1.807) is 37.3 Å². The Morgan fingerprint density at radius 2 is 1.73 bits per heavy atom. The summed E-state index contributed by atoms with van der Waals surface area (Å²) < 4.78 is 46.0. The number of hydrogen-bond donors (Lipinski definition) is 2. The van der Waals surface area contributed by atoms with Crippen LogP contribution in [0, 0.1) is 5.82 Å². The predicted molar refractivity (Wildman–Crippen MR) is 120 cm³/mol. The maximum absolute atomic E-state index is 13.5. The van der Waals surface area contributed by atoms with Crippen LogP contribution >= 0.6 is 0 Å². The number of nitrogens with zero attached hydrogens (tertiary/aromatic N) is 1. The molecule has 0 spiro atoms. The molecule has 0 fully saturated rings. The van der Waals surface area contributed by atoms with Gasteiger partial charge in [-0.2, -0.15) is 0 Å². The molecule has 0 aliphatic heterocycles. The average molecular weight is 474 g/mol. The van der Waals surface area contributed by atoms with Crippen molar-refractivity contribution >= 4 is 27.5 Å². The lowest BCUT2D eigenvalue weighted by molar-refractivity contribution is -0.126. The molecule has 33 heavy (non-hydrogen) atoms. The minimum Gasteiger partial charge on any atom is -0.467 e. The summed E-state index contributed by atoms with van der Waals surface area (Å²) in [5.41, 5.74) is 0.264. The van der Waals surface area contributed by atoms with Crippen LogP contribution in [0.15, 0.2) is 82.3 Å². The van der Waals surface area contributed by atoms with E-state index in [0.29, 0.717) is 5.76 Å². The summed E-state index contributed by atoms with van der Waals surface area (Å²) in [5, 5.41) is 2.71. The van der Waals surface area contributed by atoms with Gasteiger partial charge in [-0.1, -0.05) is 25.1 Å². The highest BCUT2D eigenvalue weighted by molar-refractivity contribution is 7.89. The lowest BCUT2D eigenvalue weighted by atomic mass is 10.1. The van der Waals surface area contributed by atoms with E-state index >= 15 is 0 Å². The number of anilines is 1. The van der Waals surface area contributed by atoms with Gasteiger partial charge in [0.25, 0.3) is 0 Å². The molecule has 10 heteroatoms. The summed E-state index contributed by atoms with van der Waals surface area (Å²) in [7, 11) is -3.94. The summed E-state index contributed by atoms with van der Waals surface area (Å²) in [4.78, 5) is 27.2. The maximum atomic E-state index is 13.5. The number of amides is 2. The monoisotopic (exact) mass is 473 g/mol. The summed E-state index contributed by atoms with van der Waals surface area (Å²) in [6.07, 6.45) is 1.71. The Morgan fingerprint density at radius 1 is 1.03 bits per heavy atom. The van der Waals surface area contributed by atoms with Crippen molar-refractivity contribution in [3.8, 4) is 0 Å². The molecule has 1 heterocycles. The van der Waals surface area contributed by atoms with Gasteiger partial charge >= 0.3 is 0 Å². The molecule has 1 aromatic heterocycles. The Hall–Kier alpha value is -3.50. The number of hydrogen-bond acceptors (Lipinski definition) is 5. The van der Waals surface area contributed by atoms with E-state index in [9.17, 15) is 22.4 Å². The third-order valence-electron chi connectivity index (χ3n) is 4.86. The molecule has 174 valence electrons. The zero-order valence-corrected chi connectivity index (χ0v) is 18.7. The van der Waals surface area contributed by atoms with Gasteiger partial charge in [-0.3, -0.25) is 14.5 Å². The number of carbonyl (C=O) groups is 2. The van der Waals surface area contributed by atoms with E-state index in [1.165, 1.54) is 35.4 Å². The van der Waals surface area contributed by atoms with Crippen LogP contribution in [0.2, 0.25) is 0 Å². The van der Waals surface area contributed by atoms with Gasteiger partial charge in [0.1, 0.15) is 17.6 Å². The third-order valence-corrected chi connectivity index (χ3v) is 6.28. The van der Waals surface area contributed by atoms with Gasteiger partial charge in [0.2, 0.25) is 21.8 Å². The first kappa shape index (κ1) is 24.1. The predicted octanol–water partition coefficient (Wildman–Crippen LogP) is 2.83. The topological polar surface area (TPSA) is 109 Å². The van der Waals surface area contributed by atoms with Crippen LogP contribution in [-0.4, -0.2) is 32.8 Å². The Labute approximate surface area is 191 Å². The molecule has 0 bridgehead atoms. The first-order valence-corrected chi connectivity index (χ1v) is 11.7. The Kier molecular flexibility index (Phi) is 7.96. The van der Waals surface area contributed by atoms with E-state index in [2.05, 4.69) is 10.0 Å². The summed E-state index contributed by atoms with van der Waals surface area (Å²) in [6, 6.07) is 15.1. The van der Waals surface area contributed by atoms with Crippen LogP contribution in [-0.2, 0) is 26.2 Å². The largest absolute Gasteiger partial charge is 0.467 e. The number of furan rings is 1. The molecule has 0 radical (unpaired) electrons. The molecule has 0 unspecified atom stereocenters. The summed E-state index contributed by atoms with van der Waals surface area (Å²) in [6.45, 7) is 1.25. The fourth-order valence-corrected chi connectivity index (χ4v) is 4.21. The van der Waals surface area contributed by atoms with Crippen LogP contribution in [0.5, 0.6) is 0 Å². The second-order valence-electron chi connectivity index (χ2n) is 7.10. The standard InChI is InChI=1S/C23H24FN3O5S/c1-2-21(23(29)25-15-19-7-6-14-32-19)27(18-12-10-17(24)11-13-18)22(28)16-26-33(30,31)20-8-4-3-5-9-20/h3-14,21,26H,2,15-16H2,1H3,(H,25,29)/t21-/m1/s1. The van der Waals surface area contributed by atoms with Crippen molar-refractivity contribution in [2.24, 2.45) is 0 Å². The van der Waals surface area contributed by atoms with Gasteiger partial charge in [0, 0.05) is 5.69 Å². The van der Waals surface area contributed by atoms with E-state index in [4.69, 9.17) is 4.42 Å². The van der Waals surface area contributed by atoms with E-state index in [0.717, 1.165) is 12.1 Å². The SMILES string of the molecule is CC[C@H](C(=O)NCc1ccco1)N(C(=O)CNS(=O)(=O)c1ccccc1)c1ccc(F)cc1. The normalized spacial score (nSPS) is 12.2. The van der Waals surface area contributed by atoms with Crippen molar-refractivity contribution in [2.45, 2.75) is 30.8 Å². The molecule has 3 rings (SSSR count). The second kappa shape index (κ2) is 10.9. The fourth-order valence-electron chi connectivity index (χ4n) is 3.21. The molecule has 2 N–H and O–H groups in total. The van der Waals surface area contributed by atoms with Crippen molar-refractivity contribution < 1.29 is 26.8 Å². The van der Waals surface area contributed by atoms with Gasteiger partial charge in [0.15, 0.2) is 0 Å². The van der Waals surface area contributed by atoms with Crippen LogP contribution in [0.1, 0.15) is 19.1 Å². The van der Waals surface area contributed by atoms with Crippen molar-refractivity contribution in [2.75, 3.05) is 11.4 Å². The minimum atomic E-state index is -3.94. The number of benzene rings is 2. The third kappa shape index (κ3) is 6.27. The van der Waals surface area contributed by atoms with Gasteiger partial charge in [-0.05, 0) is 55.0 Å². The van der Waals surface area contributed by atoms with Gasteiger partial charge in [-0.15, -0.1) is 0 Å². The Balaban J connectivity index is 1.81. The van der Waals surface area contributed by atoms with Crippen LogP contribution in [0.4, 0.5) is 10.1 Å². The Bertz CT molecular complexity index is 1170. The average Bonchev–Trinajstić information content (AvgIpc) is 3.34. The van der Waals surface area contributed by atoms with E-state index in [-0.39, 0.29) is 23.5 Å². The summed E-state index contributed by atoms with van der Waals surface area (Å²) >= 11 is 0. The van der Waals surface area contributed by atoms with Crippen molar-refractivity contribution in [1.82, 2.24) is 10.0 Å². The molecule has 0 aliphatic carbocycles. The van der Waals surface area contributed by atoms with Gasteiger partial charge in [0.05, 0.1) is 24.2 Å². The van der Waals surface area contributed by atoms with Crippen LogP contribution in [0.25, 0.3) is 0 Å². The number of carbonyl (C=O) groups excluding carboxylic acids is 2. The highest BCUT2D eigenvalue weighted by Crippen LogP contribution is 2.20. The molecule has 0 saturated heterocycles. The van der Waals surface area contributed by atoms with Gasteiger partial charge in [-0.25, -0.2) is 17.5 Å². The summed E-state index contributed by atoms with van der Waals surface area (Å²) in [5.74, 6) is -1.10. The smallest absolute Gasteiger partial charge is 0.243 e. The van der Waals surface area contributed by atoms with Gasteiger partial charge < -0.3 is 9.73 Å². The Morgan fingerprint density at radius 3 is 2.33 bits per heavy atom. The van der Waals surface area contributed by atoms with E-state index in [1.807, 2.05) is 0 Å². The van der Waals surface area contributed by atoms with Crippen LogP contribution in [0.3, 0.4) is 0 Å². The van der Waals surface area contributed by atoms with E-state index < -0.39 is 40.2 Å². The zero-order chi connectivity index (χ0) is 23.8. The van der Waals surface area contributed by atoms with Crippen molar-refractivity contribution in [1.29, 1.82) is 0 Å². The fraction of sp³-hybridized carbons (Fsp3) is 0.217. The molecular weight excluding hydrogens is 449 g/mol. The lowest BCUT2D eigenvalue weighted by Gasteiger charge is -2.30. The molecule has 1 atom stereocenters. The highest BCUT2D eigenvalue weighted by Gasteiger charge is 2.30. The number of halogens is 1.